The Morgan fingerprint density at radius 3 is 2.20 bits per heavy atom. The lowest BCUT2D eigenvalue weighted by Gasteiger charge is -2.42. The topological polar surface area (TPSA) is 305 Å². The van der Waals surface area contributed by atoms with E-state index in [2.05, 4.69) is 47.0 Å². The van der Waals surface area contributed by atoms with E-state index in [-0.39, 0.29) is 37.4 Å². The summed E-state index contributed by atoms with van der Waals surface area (Å²) in [5.41, 5.74) is 14.9. The maximum Gasteiger partial charge on any atom is 0.407 e. The van der Waals surface area contributed by atoms with E-state index >= 15 is 0 Å². The van der Waals surface area contributed by atoms with Crippen LogP contribution >= 0.6 is 0 Å². The number of carbonyl (C=O) groups is 6. The molecule has 3 aliphatic rings. The molecule has 0 unspecified atom stereocenters. The fraction of sp³-hybridized carbons (Fsp3) is 0.774. The van der Waals surface area contributed by atoms with Gasteiger partial charge in [0.15, 0.2) is 5.96 Å². The highest BCUT2D eigenvalue weighted by atomic mass is 16.6. The van der Waals surface area contributed by atoms with Gasteiger partial charge in [-0.1, -0.05) is 13.8 Å². The Morgan fingerprint density at radius 1 is 1.00 bits per heavy atom. The molecule has 1 aliphatic carbocycles. The van der Waals surface area contributed by atoms with Crippen molar-refractivity contribution in [2.75, 3.05) is 33.4 Å². The second-order valence-electron chi connectivity index (χ2n) is 13.5. The molecule has 19 nitrogen and oxygen atoms in total. The van der Waals surface area contributed by atoms with Crippen molar-refractivity contribution in [3.8, 4) is 0 Å². The number of methoxy groups -OCH3 is 1. The Bertz CT molecular complexity index is 1290. The summed E-state index contributed by atoms with van der Waals surface area (Å²) < 4.78 is 23.8. The number of amides is 5. The van der Waals surface area contributed by atoms with Crippen LogP contribution in [0.5, 0.6) is 0 Å². The Kier molecular flexibility index (Phi) is 14.2. The number of hydrogen-bond donors (Lipinski definition) is 8. The number of rotatable bonds is 20. The number of ether oxygens (including phenoxy) is 4. The number of epoxide rings is 2. The SMILES string of the molecule is CO[C@@H]1[C@H](OC(=O)NCC(=O)N[C@@H](CCCN=C(N)N)C(=O)NCC(=O)N[C@@H](CC(=O)O)C(N)=O)CC[C@]2(CO2)[C@H]1[C@@]1(C)O[C@@H]1CCC(C)C. The van der Waals surface area contributed by atoms with E-state index in [0.717, 1.165) is 12.8 Å². The molecule has 2 aliphatic heterocycles. The largest absolute Gasteiger partial charge is 0.481 e. The molecule has 2 saturated heterocycles. The number of carbonyl (C=O) groups excluding carboxylic acids is 5. The number of hydrogen-bond acceptors (Lipinski definition) is 11. The lowest BCUT2D eigenvalue weighted by Crippen LogP contribution is -2.56. The van der Waals surface area contributed by atoms with E-state index < -0.39 is 90.7 Å². The van der Waals surface area contributed by atoms with Crippen LogP contribution in [0.15, 0.2) is 4.99 Å². The Labute approximate surface area is 290 Å². The number of nitrogens with zero attached hydrogens (tertiary/aromatic N) is 1. The molecular formula is C31H52N8O11. The van der Waals surface area contributed by atoms with Gasteiger partial charge in [-0.25, -0.2) is 4.79 Å². The number of nitrogens with one attached hydrogen (secondary N) is 4. The van der Waals surface area contributed by atoms with Crippen LogP contribution in [0.2, 0.25) is 0 Å². The second-order valence-corrected chi connectivity index (χ2v) is 13.5. The minimum Gasteiger partial charge on any atom is -0.481 e. The summed E-state index contributed by atoms with van der Waals surface area (Å²) in [6.07, 6.45) is 0.692. The molecule has 1 saturated carbocycles. The van der Waals surface area contributed by atoms with Crippen molar-refractivity contribution < 1.29 is 52.8 Å². The van der Waals surface area contributed by atoms with Crippen molar-refractivity contribution in [2.45, 2.75) is 107 Å². The van der Waals surface area contributed by atoms with Gasteiger partial charge in [-0.3, -0.25) is 29.0 Å². The molecule has 282 valence electrons. The third-order valence-electron chi connectivity index (χ3n) is 9.23. The number of primary amides is 1. The Balaban J connectivity index is 1.54. The van der Waals surface area contributed by atoms with Crippen LogP contribution in [0.4, 0.5) is 4.79 Å². The van der Waals surface area contributed by atoms with E-state index in [9.17, 15) is 28.8 Å². The first kappa shape index (κ1) is 40.2. The highest BCUT2D eigenvalue weighted by molar-refractivity contribution is 5.93. The quantitative estimate of drug-likeness (QED) is 0.0293. The summed E-state index contributed by atoms with van der Waals surface area (Å²) in [5.74, 6) is -4.61. The molecule has 3 rings (SSSR count). The van der Waals surface area contributed by atoms with E-state index in [0.29, 0.717) is 25.4 Å². The lowest BCUT2D eigenvalue weighted by atomic mass is 9.68. The number of guanidine groups is 1. The lowest BCUT2D eigenvalue weighted by molar-refractivity contribution is -0.140. The molecule has 50 heavy (non-hydrogen) atoms. The molecule has 0 aromatic heterocycles. The fourth-order valence-corrected chi connectivity index (χ4v) is 6.56. The third-order valence-corrected chi connectivity index (χ3v) is 9.23. The minimum absolute atomic E-state index is 0.0468. The van der Waals surface area contributed by atoms with Crippen LogP contribution in [-0.4, -0.2) is 122 Å². The van der Waals surface area contributed by atoms with Crippen LogP contribution in [0.25, 0.3) is 0 Å². The predicted molar refractivity (Wildman–Crippen MR) is 176 cm³/mol. The monoisotopic (exact) mass is 712 g/mol. The summed E-state index contributed by atoms with van der Waals surface area (Å²) in [6.45, 7) is 5.91. The normalized spacial score (nSPS) is 27.7. The molecule has 19 heteroatoms. The van der Waals surface area contributed by atoms with Gasteiger partial charge >= 0.3 is 12.1 Å². The molecule has 3 fully saturated rings. The van der Waals surface area contributed by atoms with Crippen molar-refractivity contribution in [1.29, 1.82) is 0 Å². The molecule has 2 heterocycles. The Morgan fingerprint density at radius 2 is 1.64 bits per heavy atom. The van der Waals surface area contributed by atoms with Gasteiger partial charge in [0.05, 0.1) is 31.6 Å². The van der Waals surface area contributed by atoms with Crippen molar-refractivity contribution in [3.05, 3.63) is 0 Å². The number of aliphatic imine (C=N–C) groups is 1. The van der Waals surface area contributed by atoms with Crippen LogP contribution in [-0.2, 0) is 42.9 Å². The molecule has 0 aromatic carbocycles. The van der Waals surface area contributed by atoms with E-state index in [4.69, 9.17) is 41.3 Å². The zero-order valence-corrected chi connectivity index (χ0v) is 29.0. The number of alkyl carbamates (subject to hydrolysis) is 1. The maximum absolute atomic E-state index is 12.9. The van der Waals surface area contributed by atoms with Crippen molar-refractivity contribution >= 4 is 41.7 Å². The Hall–Kier alpha value is -4.23. The zero-order chi connectivity index (χ0) is 37.2. The zero-order valence-electron chi connectivity index (χ0n) is 29.0. The predicted octanol–water partition coefficient (Wildman–Crippen LogP) is -2.03. The van der Waals surface area contributed by atoms with Gasteiger partial charge in [-0.05, 0) is 51.4 Å². The van der Waals surface area contributed by atoms with Gasteiger partial charge in [0, 0.05) is 13.7 Å². The van der Waals surface area contributed by atoms with E-state index in [1.807, 2.05) is 0 Å². The van der Waals surface area contributed by atoms with Crippen molar-refractivity contribution in [1.82, 2.24) is 21.3 Å². The number of aliphatic carboxylic acids is 1. The average molecular weight is 713 g/mol. The first-order valence-electron chi connectivity index (χ1n) is 16.7. The van der Waals surface area contributed by atoms with E-state index in [1.165, 1.54) is 0 Å². The molecule has 11 N–H and O–H groups in total. The summed E-state index contributed by atoms with van der Waals surface area (Å²) in [4.78, 5) is 77.1. The smallest absolute Gasteiger partial charge is 0.407 e. The summed E-state index contributed by atoms with van der Waals surface area (Å²) >= 11 is 0. The molecular weight excluding hydrogens is 660 g/mol. The van der Waals surface area contributed by atoms with Crippen LogP contribution in [0.3, 0.4) is 0 Å². The van der Waals surface area contributed by atoms with E-state index in [1.54, 1.807) is 7.11 Å². The van der Waals surface area contributed by atoms with Gasteiger partial charge in [-0.2, -0.15) is 0 Å². The standard InChI is InChI=1S/C31H52N8O11/c1-16(2)7-8-20-30(3,50-20)25-24(47-4)19(9-10-31(25)15-48-31)49-29(46)37-14-22(41)38-17(6-5-11-35-28(33)34)27(45)36-13-21(40)39-18(26(32)44)12-23(42)43/h16-20,24-25H,5-15H2,1-4H3,(H2,32,44)(H,36,45)(H,37,46)(H,38,41)(H,39,40)(H,42,43)(H4,33,34,35)/t17-,18-,19+,20+,24+,25+,30-,31-/m0/s1. The van der Waals surface area contributed by atoms with Crippen LogP contribution < -0.4 is 38.5 Å². The maximum atomic E-state index is 12.9. The number of carboxylic acid groups (broad SMARTS) is 1. The van der Waals surface area contributed by atoms with Gasteiger partial charge < -0.3 is 62.5 Å². The van der Waals surface area contributed by atoms with Gasteiger partial charge in [-0.15, -0.1) is 0 Å². The van der Waals surface area contributed by atoms with Crippen LogP contribution in [0.1, 0.15) is 65.7 Å². The first-order chi connectivity index (χ1) is 23.5. The van der Waals surface area contributed by atoms with Crippen LogP contribution in [0, 0.1) is 11.8 Å². The van der Waals surface area contributed by atoms with Crippen molar-refractivity contribution in [2.24, 2.45) is 34.0 Å². The summed E-state index contributed by atoms with van der Waals surface area (Å²) in [7, 11) is 1.56. The minimum atomic E-state index is -1.49. The third kappa shape index (κ3) is 11.4. The van der Waals surface area contributed by atoms with Crippen molar-refractivity contribution in [3.63, 3.8) is 0 Å². The molecule has 1 spiro atoms. The average Bonchev–Trinajstić information content (AvgIpc) is 3.95. The first-order valence-corrected chi connectivity index (χ1v) is 16.7. The molecule has 5 amide bonds. The molecule has 0 aromatic rings. The molecule has 0 radical (unpaired) electrons. The highest BCUT2D eigenvalue weighted by Crippen LogP contribution is 2.59. The second kappa shape index (κ2) is 17.6. The highest BCUT2D eigenvalue weighted by Gasteiger charge is 2.72. The molecule has 8 atom stereocenters. The summed E-state index contributed by atoms with van der Waals surface area (Å²) in [5, 5.41) is 18.3. The number of carboxylic acids is 1. The molecule has 0 bridgehead atoms. The van der Waals surface area contributed by atoms with Gasteiger partial charge in [0.25, 0.3) is 0 Å². The van der Waals surface area contributed by atoms with Gasteiger partial charge in [0.2, 0.25) is 23.6 Å². The summed E-state index contributed by atoms with van der Waals surface area (Å²) in [6, 6.07) is -2.67. The van der Waals surface area contributed by atoms with Gasteiger partial charge in [0.1, 0.15) is 42.0 Å². The number of nitrogens with two attached hydrogens (primary N) is 3. The fourth-order valence-electron chi connectivity index (χ4n) is 6.56.